The monoisotopic (exact) mass is 422 g/mol. The molecule has 3 aromatic rings. The predicted octanol–water partition coefficient (Wildman–Crippen LogP) is 6.11. The molecule has 0 saturated carbocycles. The molecule has 0 aliphatic heterocycles. The minimum absolute atomic E-state index is 0.108. The van der Waals surface area contributed by atoms with Gasteiger partial charge in [-0.1, -0.05) is 48.7 Å². The lowest BCUT2D eigenvalue weighted by molar-refractivity contribution is -0.136. The molecule has 0 fully saturated rings. The van der Waals surface area contributed by atoms with E-state index in [0.717, 1.165) is 10.7 Å². The van der Waals surface area contributed by atoms with Crippen LogP contribution < -0.4 is 5.73 Å². The summed E-state index contributed by atoms with van der Waals surface area (Å²) in [6, 6.07) is 3.82. The minimum atomic E-state index is -4.61. The van der Waals surface area contributed by atoms with Crippen molar-refractivity contribution in [1.29, 1.82) is 0 Å². The first-order chi connectivity index (χ1) is 12.0. The number of nitrogen functional groups attached to an aromatic ring is 1. The van der Waals surface area contributed by atoms with Gasteiger partial charge in [0.15, 0.2) is 5.65 Å². The van der Waals surface area contributed by atoms with Gasteiger partial charge < -0.3 is 5.73 Å². The summed E-state index contributed by atoms with van der Waals surface area (Å²) in [5, 5.41) is 4.24. The summed E-state index contributed by atoms with van der Waals surface area (Å²) < 4.78 is 41.8. The number of aromatic nitrogens is 3. The fourth-order valence-corrected chi connectivity index (χ4v) is 3.10. The fourth-order valence-electron chi connectivity index (χ4n) is 2.51. The third-order valence-electron chi connectivity index (χ3n) is 3.81. The molecule has 0 amide bonds. The Morgan fingerprint density at radius 2 is 1.65 bits per heavy atom. The van der Waals surface area contributed by atoms with E-state index in [9.17, 15) is 13.2 Å². The Kier molecular flexibility index (Phi) is 4.75. The van der Waals surface area contributed by atoms with Gasteiger partial charge in [0.1, 0.15) is 5.82 Å². The zero-order valence-corrected chi connectivity index (χ0v) is 15.8. The van der Waals surface area contributed by atoms with Crippen molar-refractivity contribution in [2.75, 3.05) is 5.73 Å². The van der Waals surface area contributed by atoms with Crippen molar-refractivity contribution in [3.63, 3.8) is 0 Å². The van der Waals surface area contributed by atoms with E-state index in [4.69, 9.17) is 40.5 Å². The van der Waals surface area contributed by atoms with Crippen molar-refractivity contribution in [2.24, 2.45) is 0 Å². The zero-order chi connectivity index (χ0) is 19.4. The van der Waals surface area contributed by atoms with Gasteiger partial charge in [-0.2, -0.15) is 13.2 Å². The summed E-state index contributed by atoms with van der Waals surface area (Å²) in [6.45, 7) is 3.49. The molecule has 0 spiro atoms. The molecule has 0 unspecified atom stereocenters. The van der Waals surface area contributed by atoms with Crippen molar-refractivity contribution in [2.45, 2.75) is 25.9 Å². The lowest BCUT2D eigenvalue weighted by Gasteiger charge is -2.12. The van der Waals surface area contributed by atoms with Crippen LogP contribution in [0, 0.1) is 0 Å². The molecule has 2 heterocycles. The molecule has 0 aliphatic rings. The third-order valence-corrected chi connectivity index (χ3v) is 5.01. The Labute approximate surface area is 161 Å². The van der Waals surface area contributed by atoms with Crippen LogP contribution in [0.4, 0.5) is 19.0 Å². The number of halogens is 6. The number of rotatable bonds is 2. The maximum atomic E-state index is 13.6. The highest BCUT2D eigenvalue weighted by Crippen LogP contribution is 2.40. The largest absolute Gasteiger partial charge is 0.417 e. The Morgan fingerprint density at radius 1 is 1.08 bits per heavy atom. The lowest BCUT2D eigenvalue weighted by atomic mass is 10.0. The summed E-state index contributed by atoms with van der Waals surface area (Å²) >= 11 is 17.9. The standard InChI is InChI=1S/C16H12Cl3F3N4/c1-6(2)11-5-8(16(20,21)22)12-14(23)26(25-15(12)24-11)7-3-9(17)13(19)10(18)4-7/h3-6H,23H2,1-2H3. The van der Waals surface area contributed by atoms with Crippen LogP contribution in [-0.4, -0.2) is 14.8 Å². The topological polar surface area (TPSA) is 56.7 Å². The second-order valence-corrected chi connectivity index (χ2v) is 7.16. The molecule has 0 radical (unpaired) electrons. The van der Waals surface area contributed by atoms with Crippen molar-refractivity contribution < 1.29 is 13.2 Å². The molecule has 26 heavy (non-hydrogen) atoms. The first-order valence-electron chi connectivity index (χ1n) is 7.42. The molecule has 10 heteroatoms. The van der Waals surface area contributed by atoms with Crippen LogP contribution >= 0.6 is 34.8 Å². The van der Waals surface area contributed by atoms with E-state index in [0.29, 0.717) is 0 Å². The maximum Gasteiger partial charge on any atom is 0.417 e. The normalized spacial score (nSPS) is 12.3. The highest BCUT2D eigenvalue weighted by Gasteiger charge is 2.36. The lowest BCUT2D eigenvalue weighted by Crippen LogP contribution is -2.09. The Bertz CT molecular complexity index is 989. The number of fused-ring (bicyclic) bond motifs is 1. The first kappa shape index (κ1) is 19.1. The van der Waals surface area contributed by atoms with Gasteiger partial charge in [-0.3, -0.25) is 0 Å². The van der Waals surface area contributed by atoms with Gasteiger partial charge in [0.2, 0.25) is 0 Å². The second-order valence-electron chi connectivity index (χ2n) is 5.97. The molecule has 0 saturated heterocycles. The number of hydrogen-bond acceptors (Lipinski definition) is 3. The first-order valence-corrected chi connectivity index (χ1v) is 8.55. The number of alkyl halides is 3. The van der Waals surface area contributed by atoms with E-state index >= 15 is 0 Å². The number of nitrogens with zero attached hydrogens (tertiary/aromatic N) is 3. The third kappa shape index (κ3) is 3.19. The molecule has 0 atom stereocenters. The van der Waals surface area contributed by atoms with E-state index in [1.54, 1.807) is 13.8 Å². The van der Waals surface area contributed by atoms with Crippen LogP contribution in [-0.2, 0) is 6.18 Å². The van der Waals surface area contributed by atoms with Crippen LogP contribution in [0.3, 0.4) is 0 Å². The van der Waals surface area contributed by atoms with Gasteiger partial charge in [-0.15, -0.1) is 5.10 Å². The zero-order valence-electron chi connectivity index (χ0n) is 13.5. The number of nitrogens with two attached hydrogens (primary N) is 1. The summed E-state index contributed by atoms with van der Waals surface area (Å²) in [5.41, 5.74) is 5.52. The van der Waals surface area contributed by atoms with Gasteiger partial charge in [0, 0.05) is 5.69 Å². The van der Waals surface area contributed by atoms with Gasteiger partial charge in [-0.25, -0.2) is 9.67 Å². The van der Waals surface area contributed by atoms with Crippen molar-refractivity contribution in [1.82, 2.24) is 14.8 Å². The fraction of sp³-hybridized carbons (Fsp3) is 0.250. The number of anilines is 1. The highest BCUT2D eigenvalue weighted by atomic mass is 35.5. The van der Waals surface area contributed by atoms with Crippen LogP contribution in [0.5, 0.6) is 0 Å². The molecule has 3 rings (SSSR count). The van der Waals surface area contributed by atoms with Gasteiger partial charge in [0.25, 0.3) is 0 Å². The van der Waals surface area contributed by atoms with Gasteiger partial charge >= 0.3 is 6.18 Å². The van der Waals surface area contributed by atoms with Crippen molar-refractivity contribution in [3.05, 3.63) is 44.5 Å². The summed E-state index contributed by atoms with van der Waals surface area (Å²) in [5.74, 6) is -0.434. The summed E-state index contributed by atoms with van der Waals surface area (Å²) in [7, 11) is 0. The van der Waals surface area contributed by atoms with Gasteiger partial charge in [-0.05, 0) is 24.1 Å². The maximum absolute atomic E-state index is 13.6. The molecular weight excluding hydrogens is 412 g/mol. The summed E-state index contributed by atoms with van der Waals surface area (Å²) in [6.07, 6.45) is -4.61. The Hall–Kier alpha value is -1.70. The Morgan fingerprint density at radius 3 is 2.15 bits per heavy atom. The summed E-state index contributed by atoms with van der Waals surface area (Å²) in [4.78, 5) is 4.21. The van der Waals surface area contributed by atoms with E-state index in [1.807, 2.05) is 0 Å². The quantitative estimate of drug-likeness (QED) is 0.506. The molecule has 4 nitrogen and oxygen atoms in total. The molecular formula is C16H12Cl3F3N4. The smallest absolute Gasteiger partial charge is 0.383 e. The minimum Gasteiger partial charge on any atom is -0.383 e. The van der Waals surface area contributed by atoms with E-state index in [-0.39, 0.29) is 49.2 Å². The SMILES string of the molecule is CC(C)c1cc(C(F)(F)F)c2c(N)n(-c3cc(Cl)c(Cl)c(Cl)c3)nc2n1. The van der Waals surface area contributed by atoms with E-state index < -0.39 is 11.7 Å². The van der Waals surface area contributed by atoms with Crippen LogP contribution in [0.1, 0.15) is 31.0 Å². The van der Waals surface area contributed by atoms with E-state index in [1.165, 1.54) is 12.1 Å². The molecule has 0 bridgehead atoms. The number of pyridine rings is 1. The van der Waals surface area contributed by atoms with Gasteiger partial charge in [0.05, 0.1) is 31.7 Å². The van der Waals surface area contributed by atoms with Crippen molar-refractivity contribution >= 4 is 51.7 Å². The van der Waals surface area contributed by atoms with Crippen LogP contribution in [0.25, 0.3) is 16.7 Å². The molecule has 0 aliphatic carbocycles. The second kappa shape index (κ2) is 6.48. The molecule has 1 aromatic carbocycles. The highest BCUT2D eigenvalue weighted by molar-refractivity contribution is 6.48. The average molecular weight is 424 g/mol. The molecule has 2 N–H and O–H groups in total. The Balaban J connectivity index is 2.35. The number of benzene rings is 1. The predicted molar refractivity (Wildman–Crippen MR) is 97.4 cm³/mol. The van der Waals surface area contributed by atoms with Crippen LogP contribution in [0.15, 0.2) is 18.2 Å². The van der Waals surface area contributed by atoms with Crippen LogP contribution in [0.2, 0.25) is 15.1 Å². The van der Waals surface area contributed by atoms with E-state index in [2.05, 4.69) is 10.1 Å². The van der Waals surface area contributed by atoms with Crippen molar-refractivity contribution in [3.8, 4) is 5.69 Å². The molecule has 138 valence electrons. The molecule has 2 aromatic heterocycles. The number of hydrogen-bond donors (Lipinski definition) is 1. The average Bonchev–Trinajstić information content (AvgIpc) is 2.87.